The highest BCUT2D eigenvalue weighted by molar-refractivity contribution is 8.29. The van der Waals surface area contributed by atoms with Crippen molar-refractivity contribution >= 4 is 27.8 Å². The number of benzene rings is 2. The zero-order valence-electron chi connectivity index (χ0n) is 17.6. The van der Waals surface area contributed by atoms with Gasteiger partial charge in [0.05, 0.1) is 13.2 Å². The van der Waals surface area contributed by atoms with Crippen molar-refractivity contribution in [3.63, 3.8) is 0 Å². The summed E-state index contributed by atoms with van der Waals surface area (Å²) in [6, 6.07) is 16.0. The molecule has 1 heterocycles. The number of anilines is 1. The summed E-state index contributed by atoms with van der Waals surface area (Å²) in [6.45, 7) is 8.03. The van der Waals surface area contributed by atoms with E-state index in [0.29, 0.717) is 13.2 Å². The highest BCUT2D eigenvalue weighted by Crippen LogP contribution is 2.26. The summed E-state index contributed by atoms with van der Waals surface area (Å²) in [7, 11) is 0. The van der Waals surface area contributed by atoms with Crippen molar-refractivity contribution in [2.24, 2.45) is 9.98 Å². The maximum absolute atomic E-state index is 5.77. The molecule has 30 heavy (non-hydrogen) atoms. The van der Waals surface area contributed by atoms with Gasteiger partial charge >= 0.3 is 0 Å². The van der Waals surface area contributed by atoms with Crippen molar-refractivity contribution in [3.8, 4) is 11.5 Å². The maximum atomic E-state index is 5.77. The second kappa shape index (κ2) is 11.3. The van der Waals surface area contributed by atoms with E-state index in [1.54, 1.807) is 0 Å². The summed E-state index contributed by atoms with van der Waals surface area (Å²) in [5.74, 6) is 1.72. The first-order valence-corrected chi connectivity index (χ1v) is 10.9. The number of hydrogen-bond acceptors (Lipinski definition) is 6. The summed E-state index contributed by atoms with van der Waals surface area (Å²) in [4.78, 5) is 8.80. The molecule has 0 saturated carbocycles. The molecule has 0 aromatic heterocycles. The smallest absolute Gasteiger partial charge is 0.197 e. The van der Waals surface area contributed by atoms with E-state index in [9.17, 15) is 0 Å². The summed E-state index contributed by atoms with van der Waals surface area (Å²) in [5, 5.41) is 8.25. The molecule has 1 aliphatic rings. The average Bonchev–Trinajstić information content (AvgIpc) is 2.72. The Bertz CT molecular complexity index is 926. The van der Waals surface area contributed by atoms with E-state index in [0.717, 1.165) is 51.7 Å². The lowest BCUT2D eigenvalue weighted by Crippen LogP contribution is -2.19. The van der Waals surface area contributed by atoms with E-state index in [1.807, 2.05) is 69.4 Å². The van der Waals surface area contributed by atoms with Gasteiger partial charge in [-0.05, 0) is 62.7 Å². The van der Waals surface area contributed by atoms with Gasteiger partial charge < -0.3 is 20.1 Å². The Kier molecular flexibility index (Phi) is 8.20. The molecule has 6 nitrogen and oxygen atoms in total. The van der Waals surface area contributed by atoms with Gasteiger partial charge in [0, 0.05) is 30.2 Å². The second-order valence-corrected chi connectivity index (χ2v) is 7.50. The summed E-state index contributed by atoms with van der Waals surface area (Å²) in [5.41, 5.74) is 3.17. The van der Waals surface area contributed by atoms with E-state index >= 15 is 0 Å². The quantitative estimate of drug-likeness (QED) is 0.559. The first-order valence-electron chi connectivity index (χ1n) is 10.1. The van der Waals surface area contributed by atoms with Crippen LogP contribution in [0.1, 0.15) is 26.3 Å². The molecule has 0 amide bonds. The number of ether oxygens (including phenoxy) is 2. The Morgan fingerprint density at radius 1 is 1.10 bits per heavy atom. The van der Waals surface area contributed by atoms with Crippen LogP contribution in [0.4, 0.5) is 5.69 Å². The van der Waals surface area contributed by atoms with E-state index in [4.69, 9.17) is 9.47 Å². The van der Waals surface area contributed by atoms with Gasteiger partial charge in [0.25, 0.3) is 0 Å². The van der Waals surface area contributed by atoms with Gasteiger partial charge in [-0.3, -0.25) is 0 Å². The summed E-state index contributed by atoms with van der Waals surface area (Å²) in [6.07, 6.45) is 2.66. The summed E-state index contributed by atoms with van der Waals surface area (Å²) < 4.78 is 11.3. The number of para-hydroxylation sites is 1. The molecular formula is C23H28N4O2S. The summed E-state index contributed by atoms with van der Waals surface area (Å²) >= 11 is 1.53. The minimum Gasteiger partial charge on any atom is -0.494 e. The molecule has 7 heteroatoms. The van der Waals surface area contributed by atoms with Crippen LogP contribution in [-0.2, 0) is 6.42 Å². The third kappa shape index (κ3) is 6.56. The number of allylic oxidation sites excluding steroid dienone is 1. The first-order chi connectivity index (χ1) is 14.7. The monoisotopic (exact) mass is 424 g/mol. The largest absolute Gasteiger partial charge is 0.494 e. The molecule has 0 radical (unpaired) electrons. The predicted octanol–water partition coefficient (Wildman–Crippen LogP) is 5.05. The van der Waals surface area contributed by atoms with Crippen LogP contribution in [0.3, 0.4) is 0 Å². The number of nitrogens with one attached hydrogen (secondary N) is 2. The highest BCUT2D eigenvalue weighted by atomic mass is 32.2. The van der Waals surface area contributed by atoms with Crippen molar-refractivity contribution < 1.29 is 9.47 Å². The molecule has 0 spiro atoms. The van der Waals surface area contributed by atoms with Crippen LogP contribution in [0, 0.1) is 0 Å². The van der Waals surface area contributed by atoms with Crippen LogP contribution in [0.15, 0.2) is 70.4 Å². The van der Waals surface area contributed by atoms with Gasteiger partial charge in [-0.1, -0.05) is 24.3 Å². The molecule has 0 aliphatic carbocycles. The van der Waals surface area contributed by atoms with E-state index in [-0.39, 0.29) is 0 Å². The zero-order valence-corrected chi connectivity index (χ0v) is 18.5. The molecule has 2 aromatic rings. The third-order valence-corrected chi connectivity index (χ3v) is 4.99. The second-order valence-electron chi connectivity index (χ2n) is 6.55. The fourth-order valence-corrected chi connectivity index (χ4v) is 3.40. The van der Waals surface area contributed by atoms with Crippen LogP contribution in [0.5, 0.6) is 11.5 Å². The van der Waals surface area contributed by atoms with Crippen LogP contribution in [0.25, 0.3) is 0 Å². The third-order valence-electron chi connectivity index (χ3n) is 4.23. The topological polar surface area (TPSA) is 67.2 Å². The predicted molar refractivity (Wildman–Crippen MR) is 127 cm³/mol. The molecule has 0 fully saturated rings. The Morgan fingerprint density at radius 3 is 2.60 bits per heavy atom. The maximum Gasteiger partial charge on any atom is 0.197 e. The minimum atomic E-state index is 0.631. The van der Waals surface area contributed by atoms with Crippen molar-refractivity contribution in [1.82, 2.24) is 5.32 Å². The molecule has 0 atom stereocenters. The Hall–Kier alpha value is -2.93. The zero-order chi connectivity index (χ0) is 21.2. The van der Waals surface area contributed by atoms with Crippen LogP contribution < -0.4 is 20.1 Å². The number of amidine groups is 2. The van der Waals surface area contributed by atoms with E-state index in [1.165, 1.54) is 11.8 Å². The van der Waals surface area contributed by atoms with Crippen LogP contribution in [-0.4, -0.2) is 30.1 Å². The van der Waals surface area contributed by atoms with Crippen molar-refractivity contribution in [2.75, 3.05) is 25.1 Å². The van der Waals surface area contributed by atoms with Crippen molar-refractivity contribution in [2.45, 2.75) is 27.2 Å². The Labute approximate surface area is 182 Å². The Balaban J connectivity index is 1.47. The number of aliphatic imine (C=N–C) groups is 2. The van der Waals surface area contributed by atoms with Gasteiger partial charge in [-0.2, -0.15) is 4.99 Å². The lowest BCUT2D eigenvalue weighted by atomic mass is 10.1. The first kappa shape index (κ1) is 21.8. The molecular weight excluding hydrogens is 396 g/mol. The molecule has 0 unspecified atom stereocenters. The van der Waals surface area contributed by atoms with Crippen molar-refractivity contribution in [3.05, 3.63) is 66.0 Å². The lowest BCUT2D eigenvalue weighted by Gasteiger charge is -2.15. The SMILES string of the molecule is CCOc1ccc(CCN/C(C)=C\N=C2N=C(Nc3ccccc3)S2)c(OCC)c1. The normalized spacial score (nSPS) is 14.7. The van der Waals surface area contributed by atoms with Gasteiger partial charge in [-0.15, -0.1) is 0 Å². The number of rotatable bonds is 10. The number of hydrogen-bond donors (Lipinski definition) is 2. The van der Waals surface area contributed by atoms with Gasteiger partial charge in [0.2, 0.25) is 0 Å². The number of thioether (sulfide) groups is 1. The van der Waals surface area contributed by atoms with Crippen molar-refractivity contribution in [1.29, 1.82) is 0 Å². The molecule has 2 N–H and O–H groups in total. The molecule has 0 saturated heterocycles. The molecule has 158 valence electrons. The molecule has 0 bridgehead atoms. The highest BCUT2D eigenvalue weighted by Gasteiger charge is 2.16. The molecule has 3 rings (SSSR count). The van der Waals surface area contributed by atoms with E-state index < -0.39 is 0 Å². The fraction of sp³-hybridized carbons (Fsp3) is 0.304. The standard InChI is InChI=1S/C23H28N4O2S/c1-4-28-20-12-11-18(21(15-20)29-5-2)13-14-24-17(3)16-25-22-27-23(30-22)26-19-9-7-6-8-10-19/h6-12,15-16,24H,4-5,13-14H2,1-3H3,(H,25,26,27)/b17-16-. The Morgan fingerprint density at radius 2 is 1.87 bits per heavy atom. The minimum absolute atomic E-state index is 0.631. The van der Waals surface area contributed by atoms with Crippen LogP contribution >= 0.6 is 11.8 Å². The average molecular weight is 425 g/mol. The van der Waals surface area contributed by atoms with Gasteiger partial charge in [0.15, 0.2) is 10.3 Å². The van der Waals surface area contributed by atoms with Gasteiger partial charge in [-0.25, -0.2) is 4.99 Å². The van der Waals surface area contributed by atoms with E-state index in [2.05, 4.69) is 26.7 Å². The van der Waals surface area contributed by atoms with Crippen LogP contribution in [0.2, 0.25) is 0 Å². The van der Waals surface area contributed by atoms with Gasteiger partial charge in [0.1, 0.15) is 11.5 Å². The number of nitrogens with zero attached hydrogens (tertiary/aromatic N) is 2. The molecule has 2 aromatic carbocycles. The lowest BCUT2D eigenvalue weighted by molar-refractivity contribution is 0.320. The fourth-order valence-electron chi connectivity index (χ4n) is 2.81. The molecule has 1 aliphatic heterocycles.